The summed E-state index contributed by atoms with van der Waals surface area (Å²) in [6.45, 7) is 9.57. The molecular formula is C13H24N2O. The maximum atomic E-state index is 12.2. The third-order valence-electron chi connectivity index (χ3n) is 4.52. The zero-order valence-corrected chi connectivity index (χ0v) is 10.9. The molecule has 1 saturated heterocycles. The standard InChI is InChI=1S/C13H24N2O/c1-8(2)12-13(16)15(7-14-12)11-6-5-9(3)10(11)4/h8-12,14H,5-7H2,1-4H3. The van der Waals surface area contributed by atoms with Gasteiger partial charge < -0.3 is 4.90 Å². The monoisotopic (exact) mass is 224 g/mol. The largest absolute Gasteiger partial charge is 0.325 e. The van der Waals surface area contributed by atoms with Gasteiger partial charge in [-0.2, -0.15) is 0 Å². The number of amides is 1. The molecule has 1 N–H and O–H groups in total. The van der Waals surface area contributed by atoms with Crippen molar-refractivity contribution in [3.8, 4) is 0 Å². The van der Waals surface area contributed by atoms with E-state index in [2.05, 4.69) is 37.9 Å². The normalized spacial score (nSPS) is 40.1. The number of nitrogens with one attached hydrogen (secondary N) is 1. The fraction of sp³-hybridized carbons (Fsp3) is 0.923. The van der Waals surface area contributed by atoms with E-state index in [1.807, 2.05) is 0 Å². The van der Waals surface area contributed by atoms with Crippen LogP contribution in [0.4, 0.5) is 0 Å². The average molecular weight is 224 g/mol. The van der Waals surface area contributed by atoms with Crippen LogP contribution >= 0.6 is 0 Å². The highest BCUT2D eigenvalue weighted by Gasteiger charge is 2.42. The Morgan fingerprint density at radius 2 is 2.00 bits per heavy atom. The van der Waals surface area contributed by atoms with Gasteiger partial charge in [0, 0.05) is 6.04 Å². The molecule has 0 aromatic rings. The molecule has 0 aromatic heterocycles. The first-order chi connectivity index (χ1) is 7.52. The van der Waals surface area contributed by atoms with Gasteiger partial charge in [-0.05, 0) is 30.6 Å². The zero-order valence-electron chi connectivity index (χ0n) is 10.9. The van der Waals surface area contributed by atoms with Gasteiger partial charge in [-0.25, -0.2) is 0 Å². The molecule has 3 heteroatoms. The Kier molecular flexibility index (Phi) is 3.24. The van der Waals surface area contributed by atoms with Crippen LogP contribution in [-0.2, 0) is 4.79 Å². The number of rotatable bonds is 2. The maximum Gasteiger partial charge on any atom is 0.241 e. The van der Waals surface area contributed by atoms with E-state index in [-0.39, 0.29) is 6.04 Å². The molecule has 92 valence electrons. The van der Waals surface area contributed by atoms with Gasteiger partial charge in [0.15, 0.2) is 0 Å². The molecule has 1 saturated carbocycles. The van der Waals surface area contributed by atoms with Crippen LogP contribution in [0.5, 0.6) is 0 Å². The lowest BCUT2D eigenvalue weighted by atomic mass is 9.96. The minimum atomic E-state index is 0.0445. The SMILES string of the molecule is CC(C)C1NCN(C2CCC(C)C2C)C1=O. The summed E-state index contributed by atoms with van der Waals surface area (Å²) in [5.74, 6) is 2.13. The van der Waals surface area contributed by atoms with E-state index < -0.39 is 0 Å². The van der Waals surface area contributed by atoms with Gasteiger partial charge in [0.25, 0.3) is 0 Å². The van der Waals surface area contributed by atoms with Gasteiger partial charge >= 0.3 is 0 Å². The topological polar surface area (TPSA) is 32.3 Å². The Balaban J connectivity index is 2.05. The van der Waals surface area contributed by atoms with E-state index >= 15 is 0 Å². The summed E-state index contributed by atoms with van der Waals surface area (Å²) in [6.07, 6.45) is 2.45. The number of nitrogens with zero attached hydrogens (tertiary/aromatic N) is 1. The van der Waals surface area contributed by atoms with Crippen molar-refractivity contribution in [3.63, 3.8) is 0 Å². The van der Waals surface area contributed by atoms with E-state index in [4.69, 9.17) is 0 Å². The van der Waals surface area contributed by atoms with E-state index in [1.54, 1.807) is 0 Å². The van der Waals surface area contributed by atoms with Crippen LogP contribution in [0.3, 0.4) is 0 Å². The van der Waals surface area contributed by atoms with Crippen molar-refractivity contribution >= 4 is 5.91 Å². The summed E-state index contributed by atoms with van der Waals surface area (Å²) in [4.78, 5) is 14.3. The summed E-state index contributed by atoms with van der Waals surface area (Å²) in [6, 6.07) is 0.516. The Bertz CT molecular complexity index is 277. The smallest absolute Gasteiger partial charge is 0.241 e. The Morgan fingerprint density at radius 3 is 2.44 bits per heavy atom. The minimum absolute atomic E-state index is 0.0445. The van der Waals surface area contributed by atoms with Gasteiger partial charge in [0.1, 0.15) is 0 Å². The van der Waals surface area contributed by atoms with Gasteiger partial charge in [-0.1, -0.05) is 27.7 Å². The van der Waals surface area contributed by atoms with Gasteiger partial charge in [0.05, 0.1) is 12.7 Å². The van der Waals surface area contributed by atoms with Gasteiger partial charge in [-0.3, -0.25) is 10.1 Å². The summed E-state index contributed by atoms with van der Waals surface area (Å²) in [5, 5.41) is 3.34. The molecule has 2 aliphatic rings. The molecule has 0 bridgehead atoms. The lowest BCUT2D eigenvalue weighted by Gasteiger charge is -2.28. The lowest BCUT2D eigenvalue weighted by Crippen LogP contribution is -2.41. The fourth-order valence-electron chi connectivity index (χ4n) is 3.12. The summed E-state index contributed by atoms with van der Waals surface area (Å²) in [5.41, 5.74) is 0. The molecule has 3 nitrogen and oxygen atoms in total. The predicted molar refractivity (Wildman–Crippen MR) is 64.8 cm³/mol. The highest BCUT2D eigenvalue weighted by Crippen LogP contribution is 2.35. The molecule has 4 atom stereocenters. The molecule has 0 aromatic carbocycles. The zero-order chi connectivity index (χ0) is 11.9. The first-order valence-electron chi connectivity index (χ1n) is 6.56. The molecule has 4 unspecified atom stereocenters. The average Bonchev–Trinajstić information content (AvgIpc) is 2.73. The van der Waals surface area contributed by atoms with Crippen LogP contribution < -0.4 is 5.32 Å². The summed E-state index contributed by atoms with van der Waals surface area (Å²) < 4.78 is 0. The van der Waals surface area contributed by atoms with E-state index in [1.165, 1.54) is 12.8 Å². The first-order valence-corrected chi connectivity index (χ1v) is 6.56. The Labute approximate surface area is 98.6 Å². The lowest BCUT2D eigenvalue weighted by molar-refractivity contribution is -0.132. The van der Waals surface area contributed by atoms with Gasteiger partial charge in [0.2, 0.25) is 5.91 Å². The van der Waals surface area contributed by atoms with E-state index in [9.17, 15) is 4.79 Å². The summed E-state index contributed by atoms with van der Waals surface area (Å²) in [7, 11) is 0. The molecule has 1 aliphatic heterocycles. The highest BCUT2D eigenvalue weighted by atomic mass is 16.2. The molecule has 2 rings (SSSR count). The van der Waals surface area contributed by atoms with Crippen molar-refractivity contribution in [2.45, 2.75) is 52.6 Å². The Morgan fingerprint density at radius 1 is 1.31 bits per heavy atom. The van der Waals surface area contributed by atoms with Crippen molar-refractivity contribution < 1.29 is 4.79 Å². The van der Waals surface area contributed by atoms with Crippen LogP contribution in [0.2, 0.25) is 0 Å². The molecule has 0 spiro atoms. The number of carbonyl (C=O) groups is 1. The molecule has 1 heterocycles. The van der Waals surface area contributed by atoms with Crippen molar-refractivity contribution in [1.82, 2.24) is 10.2 Å². The second kappa shape index (κ2) is 4.36. The summed E-state index contributed by atoms with van der Waals surface area (Å²) >= 11 is 0. The van der Waals surface area contributed by atoms with Gasteiger partial charge in [-0.15, -0.1) is 0 Å². The maximum absolute atomic E-state index is 12.2. The molecule has 1 amide bonds. The third kappa shape index (κ3) is 1.86. The van der Waals surface area contributed by atoms with E-state index in [0.717, 1.165) is 12.6 Å². The van der Waals surface area contributed by atoms with Crippen LogP contribution in [0.1, 0.15) is 40.5 Å². The van der Waals surface area contributed by atoms with Crippen LogP contribution in [0, 0.1) is 17.8 Å². The molecule has 0 radical (unpaired) electrons. The number of hydrogen-bond donors (Lipinski definition) is 1. The van der Waals surface area contributed by atoms with Crippen molar-refractivity contribution in [2.24, 2.45) is 17.8 Å². The molecular weight excluding hydrogens is 200 g/mol. The Hall–Kier alpha value is -0.570. The minimum Gasteiger partial charge on any atom is -0.325 e. The molecule has 1 aliphatic carbocycles. The van der Waals surface area contributed by atoms with Crippen molar-refractivity contribution in [3.05, 3.63) is 0 Å². The van der Waals surface area contributed by atoms with Crippen molar-refractivity contribution in [2.75, 3.05) is 6.67 Å². The quantitative estimate of drug-likeness (QED) is 0.776. The predicted octanol–water partition coefficient (Wildman–Crippen LogP) is 1.83. The highest BCUT2D eigenvalue weighted by molar-refractivity contribution is 5.84. The second-order valence-electron chi connectivity index (χ2n) is 5.87. The second-order valence-corrected chi connectivity index (χ2v) is 5.87. The van der Waals surface area contributed by atoms with Crippen molar-refractivity contribution in [1.29, 1.82) is 0 Å². The molecule has 2 fully saturated rings. The molecule has 16 heavy (non-hydrogen) atoms. The first kappa shape index (κ1) is 11.9. The van der Waals surface area contributed by atoms with E-state index in [0.29, 0.717) is 23.8 Å². The van der Waals surface area contributed by atoms with Crippen LogP contribution in [-0.4, -0.2) is 29.6 Å². The number of carbonyl (C=O) groups excluding carboxylic acids is 1. The third-order valence-corrected chi connectivity index (χ3v) is 4.52. The van der Waals surface area contributed by atoms with Crippen LogP contribution in [0.15, 0.2) is 0 Å². The van der Waals surface area contributed by atoms with Crippen LogP contribution in [0.25, 0.3) is 0 Å². The number of hydrogen-bond acceptors (Lipinski definition) is 2. The fourth-order valence-corrected chi connectivity index (χ4v) is 3.12.